The molecule has 1 unspecified atom stereocenters. The van der Waals surface area contributed by atoms with Crippen LogP contribution in [0, 0.1) is 0 Å². The predicted molar refractivity (Wildman–Crippen MR) is 108 cm³/mol. The van der Waals surface area contributed by atoms with E-state index < -0.39 is 0 Å². The van der Waals surface area contributed by atoms with Crippen LogP contribution in [0.3, 0.4) is 0 Å². The highest BCUT2D eigenvalue weighted by Crippen LogP contribution is 2.32. The molecule has 1 heterocycles. The van der Waals surface area contributed by atoms with Crippen molar-refractivity contribution in [3.05, 3.63) is 41.6 Å². The van der Waals surface area contributed by atoms with Gasteiger partial charge in [0, 0.05) is 24.2 Å². The molecule has 1 amide bonds. The van der Waals surface area contributed by atoms with Crippen molar-refractivity contribution in [1.29, 1.82) is 0 Å². The van der Waals surface area contributed by atoms with Gasteiger partial charge in [-0.2, -0.15) is 0 Å². The molecule has 0 fully saturated rings. The van der Waals surface area contributed by atoms with E-state index in [0.29, 0.717) is 30.4 Å². The van der Waals surface area contributed by atoms with Gasteiger partial charge < -0.3 is 19.2 Å². The van der Waals surface area contributed by atoms with E-state index in [1.54, 1.807) is 14.2 Å². The van der Waals surface area contributed by atoms with Crippen molar-refractivity contribution in [1.82, 2.24) is 15.2 Å². The standard InChI is InChI=1S/C21H31N3O4/c1-7-15(4)22-21(25)17-13-28-19(23-17)12-24(14(2)3)11-16-9-8-10-18(26-5)20(16)27-6/h8-10,13-15H,7,11-12H2,1-6H3,(H,22,25). The summed E-state index contributed by atoms with van der Waals surface area (Å²) >= 11 is 0. The summed E-state index contributed by atoms with van der Waals surface area (Å²) in [6.45, 7) is 9.30. The number of hydrogen-bond acceptors (Lipinski definition) is 6. The Bertz CT molecular complexity index is 773. The number of ether oxygens (including phenoxy) is 2. The van der Waals surface area contributed by atoms with Gasteiger partial charge in [-0.05, 0) is 33.3 Å². The highest BCUT2D eigenvalue weighted by molar-refractivity contribution is 5.92. The van der Waals surface area contributed by atoms with Crippen LogP contribution in [0.15, 0.2) is 28.9 Å². The van der Waals surface area contributed by atoms with Crippen molar-refractivity contribution < 1.29 is 18.7 Å². The number of carbonyl (C=O) groups is 1. The zero-order chi connectivity index (χ0) is 20.7. The lowest BCUT2D eigenvalue weighted by molar-refractivity contribution is 0.0934. The Morgan fingerprint density at radius 3 is 2.57 bits per heavy atom. The van der Waals surface area contributed by atoms with E-state index >= 15 is 0 Å². The van der Waals surface area contributed by atoms with Gasteiger partial charge in [0.05, 0.1) is 20.8 Å². The molecule has 0 saturated carbocycles. The number of benzene rings is 1. The minimum absolute atomic E-state index is 0.0975. The molecule has 28 heavy (non-hydrogen) atoms. The largest absolute Gasteiger partial charge is 0.493 e. The molecule has 0 radical (unpaired) electrons. The van der Waals surface area contributed by atoms with E-state index in [0.717, 1.165) is 17.7 Å². The normalized spacial score (nSPS) is 12.3. The van der Waals surface area contributed by atoms with Crippen LogP contribution in [0.5, 0.6) is 11.5 Å². The van der Waals surface area contributed by atoms with E-state index in [-0.39, 0.29) is 18.0 Å². The zero-order valence-corrected chi connectivity index (χ0v) is 17.6. The highest BCUT2D eigenvalue weighted by Gasteiger charge is 2.20. The van der Waals surface area contributed by atoms with Crippen LogP contribution < -0.4 is 14.8 Å². The maximum Gasteiger partial charge on any atom is 0.273 e. The zero-order valence-electron chi connectivity index (χ0n) is 17.6. The van der Waals surface area contributed by atoms with Crippen molar-refractivity contribution >= 4 is 5.91 Å². The molecule has 0 spiro atoms. The van der Waals surface area contributed by atoms with Gasteiger partial charge >= 0.3 is 0 Å². The smallest absolute Gasteiger partial charge is 0.273 e. The SMILES string of the molecule is CCC(C)NC(=O)c1coc(CN(Cc2cccc(OC)c2OC)C(C)C)n1. The number of methoxy groups -OCH3 is 2. The third-order valence-electron chi connectivity index (χ3n) is 4.70. The first-order valence-corrected chi connectivity index (χ1v) is 9.58. The van der Waals surface area contributed by atoms with Gasteiger partial charge in [0.15, 0.2) is 17.2 Å². The average Bonchev–Trinajstić information content (AvgIpc) is 3.15. The van der Waals surface area contributed by atoms with Crippen molar-refractivity contribution in [2.45, 2.75) is 59.3 Å². The number of rotatable bonds is 10. The van der Waals surface area contributed by atoms with Crippen molar-refractivity contribution in [2.75, 3.05) is 14.2 Å². The van der Waals surface area contributed by atoms with Crippen LogP contribution in [0.2, 0.25) is 0 Å². The summed E-state index contributed by atoms with van der Waals surface area (Å²) in [5, 5.41) is 2.90. The Balaban J connectivity index is 2.13. The van der Waals surface area contributed by atoms with Crippen molar-refractivity contribution in [3.8, 4) is 11.5 Å². The molecular formula is C21H31N3O4. The summed E-state index contributed by atoms with van der Waals surface area (Å²) in [4.78, 5) is 18.8. The summed E-state index contributed by atoms with van der Waals surface area (Å²) < 4.78 is 16.5. The number of nitrogens with one attached hydrogen (secondary N) is 1. The lowest BCUT2D eigenvalue weighted by Crippen LogP contribution is -2.32. The van der Waals surface area contributed by atoms with Crippen LogP contribution >= 0.6 is 0 Å². The number of hydrogen-bond donors (Lipinski definition) is 1. The van der Waals surface area contributed by atoms with Gasteiger partial charge in [-0.15, -0.1) is 0 Å². The third kappa shape index (κ3) is 5.48. The Morgan fingerprint density at radius 1 is 1.21 bits per heavy atom. The second-order valence-corrected chi connectivity index (χ2v) is 7.06. The quantitative estimate of drug-likeness (QED) is 0.669. The Hall–Kier alpha value is -2.54. The number of carbonyl (C=O) groups excluding carboxylic acids is 1. The first kappa shape index (κ1) is 21.8. The molecule has 0 aliphatic heterocycles. The molecule has 1 aromatic heterocycles. The Morgan fingerprint density at radius 2 is 1.96 bits per heavy atom. The number of oxazole rings is 1. The van der Waals surface area contributed by atoms with Gasteiger partial charge in [-0.1, -0.05) is 19.1 Å². The molecule has 154 valence electrons. The Kier molecular flexibility index (Phi) is 7.87. The van der Waals surface area contributed by atoms with Crippen molar-refractivity contribution in [3.63, 3.8) is 0 Å². The van der Waals surface area contributed by atoms with Crippen LogP contribution in [0.4, 0.5) is 0 Å². The van der Waals surface area contributed by atoms with Crippen LogP contribution in [0.25, 0.3) is 0 Å². The molecule has 7 nitrogen and oxygen atoms in total. The van der Waals surface area contributed by atoms with Gasteiger partial charge in [-0.25, -0.2) is 4.98 Å². The van der Waals surface area contributed by atoms with E-state index in [9.17, 15) is 4.79 Å². The second-order valence-electron chi connectivity index (χ2n) is 7.06. The van der Waals surface area contributed by atoms with Gasteiger partial charge in [0.1, 0.15) is 6.26 Å². The molecule has 2 rings (SSSR count). The van der Waals surface area contributed by atoms with Crippen LogP contribution in [-0.2, 0) is 13.1 Å². The van der Waals surface area contributed by atoms with E-state index in [4.69, 9.17) is 13.9 Å². The van der Waals surface area contributed by atoms with Crippen LogP contribution in [-0.4, -0.2) is 42.1 Å². The summed E-state index contributed by atoms with van der Waals surface area (Å²) in [5.74, 6) is 1.71. The lowest BCUT2D eigenvalue weighted by Gasteiger charge is -2.26. The fraction of sp³-hybridized carbons (Fsp3) is 0.524. The van der Waals surface area contributed by atoms with E-state index in [2.05, 4.69) is 29.0 Å². The van der Waals surface area contributed by atoms with Crippen molar-refractivity contribution in [2.24, 2.45) is 0 Å². The second kappa shape index (κ2) is 10.1. The highest BCUT2D eigenvalue weighted by atomic mass is 16.5. The molecular weight excluding hydrogens is 358 g/mol. The maximum atomic E-state index is 12.2. The molecule has 0 bridgehead atoms. The van der Waals surface area contributed by atoms with Gasteiger partial charge in [-0.3, -0.25) is 9.69 Å². The van der Waals surface area contributed by atoms with E-state index in [1.165, 1.54) is 6.26 Å². The monoisotopic (exact) mass is 389 g/mol. The van der Waals surface area contributed by atoms with Gasteiger partial charge in [0.2, 0.25) is 5.89 Å². The Labute approximate surface area is 167 Å². The molecule has 0 aliphatic rings. The summed E-state index contributed by atoms with van der Waals surface area (Å²) in [7, 11) is 3.26. The third-order valence-corrected chi connectivity index (χ3v) is 4.70. The molecule has 1 atom stereocenters. The summed E-state index contributed by atoms with van der Waals surface area (Å²) in [6.07, 6.45) is 2.28. The first-order valence-electron chi connectivity index (χ1n) is 9.58. The number of para-hydroxylation sites is 1. The first-order chi connectivity index (χ1) is 13.4. The number of nitrogens with zero attached hydrogens (tertiary/aromatic N) is 2. The average molecular weight is 389 g/mol. The molecule has 1 N–H and O–H groups in total. The van der Waals surface area contributed by atoms with Crippen LogP contribution in [0.1, 0.15) is 56.1 Å². The summed E-state index contributed by atoms with van der Waals surface area (Å²) in [6, 6.07) is 6.16. The fourth-order valence-electron chi connectivity index (χ4n) is 2.78. The minimum atomic E-state index is -0.213. The minimum Gasteiger partial charge on any atom is -0.493 e. The summed E-state index contributed by atoms with van der Waals surface area (Å²) in [5.41, 5.74) is 1.31. The maximum absolute atomic E-state index is 12.2. The molecule has 2 aromatic rings. The number of amides is 1. The molecule has 0 aliphatic carbocycles. The predicted octanol–water partition coefficient (Wildman–Crippen LogP) is 3.63. The lowest BCUT2D eigenvalue weighted by atomic mass is 10.1. The van der Waals surface area contributed by atoms with Gasteiger partial charge in [0.25, 0.3) is 5.91 Å². The molecule has 7 heteroatoms. The molecule has 0 saturated heterocycles. The number of aromatic nitrogens is 1. The van der Waals surface area contributed by atoms with E-state index in [1.807, 2.05) is 32.0 Å². The fourth-order valence-corrected chi connectivity index (χ4v) is 2.78. The molecule has 1 aromatic carbocycles. The topological polar surface area (TPSA) is 76.8 Å².